The maximum absolute atomic E-state index is 13.8. The highest BCUT2D eigenvalue weighted by atomic mass is 32.2. The van der Waals surface area contributed by atoms with Gasteiger partial charge in [-0.2, -0.15) is 0 Å². The highest BCUT2D eigenvalue weighted by molar-refractivity contribution is 7.93. The number of anilines is 1. The first-order valence-electron chi connectivity index (χ1n) is 8.24. The Morgan fingerprint density at radius 1 is 1.07 bits per heavy atom. The summed E-state index contributed by atoms with van der Waals surface area (Å²) in [6.45, 7) is 0. The predicted octanol–water partition coefficient (Wildman–Crippen LogP) is 3.66. The zero-order valence-electron chi connectivity index (χ0n) is 14.1. The molecule has 1 aliphatic rings. The molecule has 0 saturated carbocycles. The fourth-order valence-corrected chi connectivity index (χ4v) is 4.76. The van der Waals surface area contributed by atoms with E-state index in [1.165, 1.54) is 6.08 Å². The number of halogens is 2. The third-order valence-electron chi connectivity index (χ3n) is 4.50. The fraction of sp³-hybridized carbons (Fsp3) is 0.211. The van der Waals surface area contributed by atoms with Crippen LogP contribution in [0.4, 0.5) is 14.5 Å². The van der Waals surface area contributed by atoms with Gasteiger partial charge in [-0.25, -0.2) is 22.0 Å². The van der Waals surface area contributed by atoms with Crippen LogP contribution in [0.25, 0.3) is 0 Å². The minimum atomic E-state index is -4.23. The Bertz CT molecular complexity index is 990. The van der Waals surface area contributed by atoms with E-state index < -0.39 is 38.6 Å². The van der Waals surface area contributed by atoms with Crippen molar-refractivity contribution in [1.82, 2.24) is 0 Å². The Balaban J connectivity index is 1.91. The molecule has 2 N–H and O–H groups in total. The first-order valence-corrected chi connectivity index (χ1v) is 9.79. The standard InChI is InChI=1S/C19H17F2NO4S/c20-14-7-8-17(16(21)11-14)22-27(25,26)18-9-6-13(10-15(18)19(23)24)12-4-2-1-3-5-12/h1-5,7-8,10-11,13,18,22H,6,9H2,(H,23,24). The van der Waals surface area contributed by atoms with Crippen molar-refractivity contribution < 1.29 is 27.1 Å². The van der Waals surface area contributed by atoms with E-state index in [4.69, 9.17) is 0 Å². The summed E-state index contributed by atoms with van der Waals surface area (Å²) in [5.74, 6) is -3.47. The lowest BCUT2D eigenvalue weighted by molar-refractivity contribution is -0.132. The molecule has 0 amide bonds. The zero-order valence-corrected chi connectivity index (χ0v) is 14.9. The van der Waals surface area contributed by atoms with Crippen molar-refractivity contribution in [3.8, 4) is 0 Å². The van der Waals surface area contributed by atoms with Crippen LogP contribution in [0.3, 0.4) is 0 Å². The number of allylic oxidation sites excluding steroid dienone is 1. The molecule has 2 unspecified atom stereocenters. The van der Waals surface area contributed by atoms with E-state index in [0.717, 1.165) is 17.7 Å². The molecule has 0 radical (unpaired) electrons. The topological polar surface area (TPSA) is 83.5 Å². The summed E-state index contributed by atoms with van der Waals surface area (Å²) < 4.78 is 54.2. The minimum Gasteiger partial charge on any atom is -0.478 e. The molecule has 0 aromatic heterocycles. The summed E-state index contributed by atoms with van der Waals surface area (Å²) in [5.41, 5.74) is 0.209. The monoisotopic (exact) mass is 393 g/mol. The van der Waals surface area contributed by atoms with Gasteiger partial charge >= 0.3 is 5.97 Å². The molecule has 0 spiro atoms. The third-order valence-corrected chi connectivity index (χ3v) is 6.24. The van der Waals surface area contributed by atoms with Crippen LogP contribution in [0.1, 0.15) is 24.3 Å². The van der Waals surface area contributed by atoms with Gasteiger partial charge in [-0.1, -0.05) is 36.4 Å². The molecular weight excluding hydrogens is 376 g/mol. The molecule has 0 heterocycles. The molecule has 1 aliphatic carbocycles. The van der Waals surface area contributed by atoms with Gasteiger partial charge in [-0.3, -0.25) is 4.72 Å². The number of carbonyl (C=O) groups is 1. The van der Waals surface area contributed by atoms with Gasteiger partial charge in [-0.05, 0) is 30.5 Å². The molecule has 0 fully saturated rings. The Morgan fingerprint density at radius 2 is 1.78 bits per heavy atom. The van der Waals surface area contributed by atoms with Crippen LogP contribution < -0.4 is 4.72 Å². The van der Waals surface area contributed by atoms with Crippen LogP contribution in [0.15, 0.2) is 60.2 Å². The molecule has 0 saturated heterocycles. The Hall–Kier alpha value is -2.74. The second-order valence-corrected chi connectivity index (χ2v) is 8.14. The largest absolute Gasteiger partial charge is 0.478 e. The number of carboxylic acid groups (broad SMARTS) is 1. The number of hydrogen-bond donors (Lipinski definition) is 2. The average Bonchev–Trinajstić information content (AvgIpc) is 2.64. The van der Waals surface area contributed by atoms with Crippen LogP contribution in [0.5, 0.6) is 0 Å². The third kappa shape index (κ3) is 4.16. The number of rotatable bonds is 5. The number of carboxylic acids is 1. The van der Waals surface area contributed by atoms with Crippen molar-refractivity contribution in [2.45, 2.75) is 24.0 Å². The van der Waals surface area contributed by atoms with E-state index in [0.29, 0.717) is 12.5 Å². The van der Waals surface area contributed by atoms with Crippen molar-refractivity contribution in [2.75, 3.05) is 4.72 Å². The smallest absolute Gasteiger partial charge is 0.332 e. The molecule has 5 nitrogen and oxygen atoms in total. The molecule has 2 aromatic carbocycles. The lowest BCUT2D eigenvalue weighted by Gasteiger charge is -2.27. The van der Waals surface area contributed by atoms with E-state index in [9.17, 15) is 27.1 Å². The molecule has 8 heteroatoms. The number of aliphatic carboxylic acids is 1. The van der Waals surface area contributed by atoms with Crippen molar-refractivity contribution in [1.29, 1.82) is 0 Å². The normalized spacial score (nSPS) is 20.0. The van der Waals surface area contributed by atoms with Gasteiger partial charge in [0.1, 0.15) is 16.9 Å². The maximum atomic E-state index is 13.8. The summed E-state index contributed by atoms with van der Waals surface area (Å²) in [4.78, 5) is 11.7. The van der Waals surface area contributed by atoms with Gasteiger partial charge in [-0.15, -0.1) is 0 Å². The van der Waals surface area contributed by atoms with Crippen LogP contribution in [0, 0.1) is 11.6 Å². The summed E-state index contributed by atoms with van der Waals surface area (Å²) in [7, 11) is -4.23. The molecule has 2 aromatic rings. The summed E-state index contributed by atoms with van der Waals surface area (Å²) >= 11 is 0. The zero-order chi connectivity index (χ0) is 19.6. The fourth-order valence-electron chi connectivity index (χ4n) is 3.18. The molecule has 142 valence electrons. The van der Waals surface area contributed by atoms with Crippen LogP contribution in [-0.2, 0) is 14.8 Å². The molecule has 0 aliphatic heterocycles. The van der Waals surface area contributed by atoms with E-state index in [1.54, 1.807) is 0 Å². The molecule has 0 bridgehead atoms. The van der Waals surface area contributed by atoms with Crippen LogP contribution in [-0.4, -0.2) is 24.7 Å². The average molecular weight is 393 g/mol. The first-order chi connectivity index (χ1) is 12.8. The van der Waals surface area contributed by atoms with Gasteiger partial charge in [0.25, 0.3) is 0 Å². The Labute approximate surface area is 155 Å². The van der Waals surface area contributed by atoms with Crippen molar-refractivity contribution >= 4 is 21.7 Å². The maximum Gasteiger partial charge on any atom is 0.332 e. The van der Waals surface area contributed by atoms with Gasteiger partial charge in [0.2, 0.25) is 10.0 Å². The molecule has 2 atom stereocenters. The minimum absolute atomic E-state index is 0.0653. The SMILES string of the molecule is O=C(O)C1=CC(c2ccccc2)CCC1S(=O)(=O)Nc1ccc(F)cc1F. The summed E-state index contributed by atoms with van der Waals surface area (Å²) in [6, 6.07) is 11.6. The van der Waals surface area contributed by atoms with Gasteiger partial charge < -0.3 is 5.11 Å². The van der Waals surface area contributed by atoms with Gasteiger partial charge in [0.05, 0.1) is 11.3 Å². The van der Waals surface area contributed by atoms with E-state index in [-0.39, 0.29) is 17.9 Å². The highest BCUT2D eigenvalue weighted by Crippen LogP contribution is 2.35. The Kier molecular flexibility index (Phi) is 5.27. The first kappa shape index (κ1) is 19.0. The lowest BCUT2D eigenvalue weighted by atomic mass is 9.85. The highest BCUT2D eigenvalue weighted by Gasteiger charge is 2.37. The Morgan fingerprint density at radius 3 is 2.41 bits per heavy atom. The number of hydrogen-bond acceptors (Lipinski definition) is 3. The molecule has 3 rings (SSSR count). The van der Waals surface area contributed by atoms with Gasteiger partial charge in [0, 0.05) is 12.0 Å². The van der Waals surface area contributed by atoms with Crippen molar-refractivity contribution in [3.05, 3.63) is 77.4 Å². The lowest BCUT2D eigenvalue weighted by Crippen LogP contribution is -2.35. The number of sulfonamides is 1. The number of nitrogens with one attached hydrogen (secondary N) is 1. The van der Waals surface area contributed by atoms with E-state index in [2.05, 4.69) is 0 Å². The summed E-state index contributed by atoms with van der Waals surface area (Å²) in [6.07, 6.45) is 1.93. The van der Waals surface area contributed by atoms with Crippen LogP contribution >= 0.6 is 0 Å². The second kappa shape index (κ2) is 7.48. The van der Waals surface area contributed by atoms with E-state index >= 15 is 0 Å². The van der Waals surface area contributed by atoms with Crippen LogP contribution in [0.2, 0.25) is 0 Å². The van der Waals surface area contributed by atoms with Crippen molar-refractivity contribution in [3.63, 3.8) is 0 Å². The quantitative estimate of drug-likeness (QED) is 0.812. The molecular formula is C19H17F2NO4S. The predicted molar refractivity (Wildman–Crippen MR) is 96.8 cm³/mol. The summed E-state index contributed by atoms with van der Waals surface area (Å²) in [5, 5.41) is 8.18. The van der Waals surface area contributed by atoms with Crippen molar-refractivity contribution in [2.24, 2.45) is 0 Å². The van der Waals surface area contributed by atoms with E-state index in [1.807, 2.05) is 35.1 Å². The van der Waals surface area contributed by atoms with Gasteiger partial charge in [0.15, 0.2) is 0 Å². The molecule has 27 heavy (non-hydrogen) atoms. The number of benzene rings is 2. The second-order valence-electron chi connectivity index (χ2n) is 6.28.